The van der Waals surface area contributed by atoms with Gasteiger partial charge in [-0.25, -0.2) is 0 Å². The van der Waals surface area contributed by atoms with E-state index in [4.69, 9.17) is 17.3 Å². The molecule has 1 aromatic carbocycles. The number of thiophene rings is 1. The molecule has 0 spiro atoms. The van der Waals surface area contributed by atoms with Crippen LogP contribution in [0, 0.1) is 0 Å². The zero-order valence-corrected chi connectivity index (χ0v) is 14.4. The summed E-state index contributed by atoms with van der Waals surface area (Å²) < 4.78 is 0.990. The molecule has 0 aliphatic carbocycles. The van der Waals surface area contributed by atoms with Crippen molar-refractivity contribution in [2.45, 2.75) is 5.25 Å². The molecule has 0 bridgehead atoms. The first-order chi connectivity index (χ1) is 10.1. The Kier molecular flexibility index (Phi) is 4.88. The molecule has 3 nitrogen and oxygen atoms in total. The van der Waals surface area contributed by atoms with Gasteiger partial charge in [-0.2, -0.15) is 23.5 Å². The van der Waals surface area contributed by atoms with Crippen molar-refractivity contribution in [3.05, 3.63) is 28.1 Å². The van der Waals surface area contributed by atoms with E-state index in [1.54, 1.807) is 0 Å². The fourth-order valence-electron chi connectivity index (χ4n) is 2.20. The van der Waals surface area contributed by atoms with E-state index >= 15 is 0 Å². The van der Waals surface area contributed by atoms with Crippen molar-refractivity contribution in [3.63, 3.8) is 0 Å². The van der Waals surface area contributed by atoms with Gasteiger partial charge in [-0.05, 0) is 18.2 Å². The number of amides is 1. The molecule has 0 saturated carbocycles. The topological polar surface area (TPSA) is 55.1 Å². The summed E-state index contributed by atoms with van der Waals surface area (Å²) in [6.07, 6.45) is 0. The molecular weight excluding hydrogens is 344 g/mol. The monoisotopic (exact) mass is 358 g/mol. The molecule has 3 N–H and O–H groups in total. The molecule has 112 valence electrons. The Morgan fingerprint density at radius 1 is 1.43 bits per heavy atom. The van der Waals surface area contributed by atoms with Crippen molar-refractivity contribution >= 4 is 68.1 Å². The van der Waals surface area contributed by atoms with Gasteiger partial charge in [0, 0.05) is 44.2 Å². The fraction of sp³-hybridized carbons (Fsp3) is 0.357. The van der Waals surface area contributed by atoms with E-state index in [0.29, 0.717) is 27.4 Å². The van der Waals surface area contributed by atoms with Crippen LogP contribution in [0.1, 0.15) is 9.67 Å². The maximum Gasteiger partial charge on any atom is 0.263 e. The molecular formula is C14H15ClN2OS3. The molecule has 1 aliphatic heterocycles. The Bertz CT molecular complexity index is 668. The third kappa shape index (κ3) is 3.44. The van der Waals surface area contributed by atoms with Gasteiger partial charge >= 0.3 is 0 Å². The number of hydrogen-bond acceptors (Lipinski definition) is 5. The summed E-state index contributed by atoms with van der Waals surface area (Å²) in [7, 11) is 0. The summed E-state index contributed by atoms with van der Waals surface area (Å²) in [4.78, 5) is 12.9. The van der Waals surface area contributed by atoms with E-state index in [2.05, 4.69) is 5.32 Å². The van der Waals surface area contributed by atoms with E-state index in [9.17, 15) is 4.79 Å². The highest BCUT2D eigenvalue weighted by molar-refractivity contribution is 8.06. The molecule has 1 fully saturated rings. The second kappa shape index (κ2) is 6.69. The van der Waals surface area contributed by atoms with Crippen molar-refractivity contribution in [1.29, 1.82) is 0 Å². The van der Waals surface area contributed by atoms with Crippen molar-refractivity contribution in [1.82, 2.24) is 5.32 Å². The number of fused-ring (bicyclic) bond motifs is 1. The molecule has 1 saturated heterocycles. The van der Waals surface area contributed by atoms with Crippen LogP contribution in [-0.4, -0.2) is 35.0 Å². The standard InChI is InChI=1S/C14H15ClN2OS3/c15-8-1-2-11-10(5-8)12(16)13(21-11)14(18)17-6-9-7-19-3-4-20-9/h1-2,5,9H,3-4,6-7,16H2,(H,17,18). The Morgan fingerprint density at radius 2 is 2.29 bits per heavy atom. The Hall–Kier alpha value is -0.560. The lowest BCUT2D eigenvalue weighted by molar-refractivity contribution is 0.0959. The van der Waals surface area contributed by atoms with Crippen molar-refractivity contribution in [3.8, 4) is 0 Å². The number of nitrogens with two attached hydrogens (primary N) is 1. The van der Waals surface area contributed by atoms with Gasteiger partial charge in [0.15, 0.2) is 0 Å². The molecule has 1 atom stereocenters. The van der Waals surface area contributed by atoms with Gasteiger partial charge in [-0.3, -0.25) is 4.79 Å². The lowest BCUT2D eigenvalue weighted by Gasteiger charge is -2.20. The Labute approximate surface area is 141 Å². The van der Waals surface area contributed by atoms with Gasteiger partial charge in [0.2, 0.25) is 0 Å². The Morgan fingerprint density at radius 3 is 3.05 bits per heavy atom. The van der Waals surface area contributed by atoms with Gasteiger partial charge in [0.25, 0.3) is 5.91 Å². The second-order valence-corrected chi connectivity index (χ2v) is 8.81. The molecule has 1 aromatic heterocycles. The number of benzene rings is 1. The van der Waals surface area contributed by atoms with E-state index in [-0.39, 0.29) is 5.91 Å². The first-order valence-electron chi connectivity index (χ1n) is 6.60. The van der Waals surface area contributed by atoms with Crippen LogP contribution in [0.2, 0.25) is 5.02 Å². The first-order valence-corrected chi connectivity index (χ1v) is 10.00. The number of thioether (sulfide) groups is 2. The average molecular weight is 359 g/mol. The van der Waals surface area contributed by atoms with Gasteiger partial charge in [-0.15, -0.1) is 11.3 Å². The van der Waals surface area contributed by atoms with Crippen molar-refractivity contribution in [2.24, 2.45) is 0 Å². The summed E-state index contributed by atoms with van der Waals surface area (Å²) in [5, 5.41) is 5.00. The van der Waals surface area contributed by atoms with E-state index in [1.807, 2.05) is 41.7 Å². The number of nitrogens with one attached hydrogen (secondary N) is 1. The summed E-state index contributed by atoms with van der Waals surface area (Å²) in [6.45, 7) is 0.699. The first kappa shape index (κ1) is 15.3. The van der Waals surface area contributed by atoms with E-state index in [0.717, 1.165) is 21.6 Å². The summed E-state index contributed by atoms with van der Waals surface area (Å²) in [5.74, 6) is 3.39. The number of nitrogen functional groups attached to an aromatic ring is 1. The van der Waals surface area contributed by atoms with Crippen LogP contribution in [-0.2, 0) is 0 Å². The molecule has 1 unspecified atom stereocenters. The Balaban J connectivity index is 1.73. The van der Waals surface area contributed by atoms with Gasteiger partial charge in [0.05, 0.1) is 5.69 Å². The molecule has 2 aromatic rings. The maximum atomic E-state index is 12.3. The number of halogens is 1. The smallest absolute Gasteiger partial charge is 0.263 e. The number of carbonyl (C=O) groups is 1. The predicted octanol–water partition coefficient (Wildman–Crippen LogP) is 3.72. The fourth-order valence-corrected chi connectivity index (χ4v) is 6.00. The molecule has 7 heteroatoms. The van der Waals surface area contributed by atoms with Crippen LogP contribution in [0.15, 0.2) is 18.2 Å². The summed E-state index contributed by atoms with van der Waals surface area (Å²) in [6, 6.07) is 5.54. The molecule has 2 heterocycles. The molecule has 1 amide bonds. The van der Waals surface area contributed by atoms with Crippen molar-refractivity contribution in [2.75, 3.05) is 29.5 Å². The highest BCUT2D eigenvalue weighted by Crippen LogP contribution is 2.35. The zero-order valence-electron chi connectivity index (χ0n) is 11.2. The lowest BCUT2D eigenvalue weighted by Crippen LogP contribution is -2.33. The normalized spacial score (nSPS) is 18.8. The lowest BCUT2D eigenvalue weighted by atomic mass is 10.2. The predicted molar refractivity (Wildman–Crippen MR) is 97.2 cm³/mol. The van der Waals surface area contributed by atoms with Gasteiger partial charge in [-0.1, -0.05) is 11.6 Å². The quantitative estimate of drug-likeness (QED) is 0.878. The van der Waals surface area contributed by atoms with Crippen LogP contribution in [0.5, 0.6) is 0 Å². The highest BCUT2D eigenvalue weighted by Gasteiger charge is 2.19. The van der Waals surface area contributed by atoms with Crippen LogP contribution in [0.4, 0.5) is 5.69 Å². The van der Waals surface area contributed by atoms with Crippen LogP contribution in [0.3, 0.4) is 0 Å². The zero-order chi connectivity index (χ0) is 14.8. The number of carbonyl (C=O) groups excluding carboxylic acids is 1. The second-order valence-electron chi connectivity index (χ2n) is 4.76. The third-order valence-corrected chi connectivity index (χ3v) is 7.54. The highest BCUT2D eigenvalue weighted by atomic mass is 35.5. The summed E-state index contributed by atoms with van der Waals surface area (Å²) >= 11 is 11.3. The van der Waals surface area contributed by atoms with Gasteiger partial charge in [0.1, 0.15) is 4.88 Å². The van der Waals surface area contributed by atoms with Gasteiger partial charge < -0.3 is 11.1 Å². The largest absolute Gasteiger partial charge is 0.397 e. The minimum absolute atomic E-state index is 0.0824. The number of rotatable bonds is 3. The minimum Gasteiger partial charge on any atom is -0.397 e. The summed E-state index contributed by atoms with van der Waals surface area (Å²) in [5.41, 5.74) is 6.63. The molecule has 0 radical (unpaired) electrons. The van der Waals surface area contributed by atoms with Crippen LogP contribution >= 0.6 is 46.5 Å². The molecule has 1 aliphatic rings. The number of anilines is 1. The molecule has 3 rings (SSSR count). The van der Waals surface area contributed by atoms with E-state index < -0.39 is 0 Å². The van der Waals surface area contributed by atoms with Crippen molar-refractivity contribution < 1.29 is 4.79 Å². The SMILES string of the molecule is Nc1c(C(=O)NCC2CSCCS2)sc2ccc(Cl)cc12. The average Bonchev–Trinajstić information content (AvgIpc) is 2.83. The van der Waals surface area contributed by atoms with Crippen LogP contribution in [0.25, 0.3) is 10.1 Å². The maximum absolute atomic E-state index is 12.3. The van der Waals surface area contributed by atoms with Crippen LogP contribution < -0.4 is 11.1 Å². The molecule has 21 heavy (non-hydrogen) atoms. The number of hydrogen-bond donors (Lipinski definition) is 2. The third-order valence-electron chi connectivity index (χ3n) is 3.27. The van der Waals surface area contributed by atoms with E-state index in [1.165, 1.54) is 17.1 Å². The minimum atomic E-state index is -0.0824.